The lowest BCUT2D eigenvalue weighted by Gasteiger charge is -2.30. The summed E-state index contributed by atoms with van der Waals surface area (Å²) in [5.41, 5.74) is -1.25. The van der Waals surface area contributed by atoms with Crippen LogP contribution in [0.2, 0.25) is 0 Å². The molecule has 0 atom stereocenters. The number of carbonyl (C=O) groups is 2. The van der Waals surface area contributed by atoms with Crippen LogP contribution in [0.5, 0.6) is 11.5 Å². The van der Waals surface area contributed by atoms with E-state index in [1.54, 1.807) is 19.2 Å². The van der Waals surface area contributed by atoms with Crippen LogP contribution in [-0.2, 0) is 9.53 Å². The second kappa shape index (κ2) is 11.2. The molecule has 1 amide bonds. The number of unbranched alkanes of at least 4 members (excludes halogenated alkanes) is 2. The van der Waals surface area contributed by atoms with E-state index in [1.807, 2.05) is 0 Å². The summed E-state index contributed by atoms with van der Waals surface area (Å²) in [6.07, 6.45) is 7.57. The maximum absolute atomic E-state index is 13.2. The van der Waals surface area contributed by atoms with Gasteiger partial charge in [0.05, 0.1) is 26.3 Å². The molecule has 0 unspecified atom stereocenters. The smallest absolute Gasteiger partial charge is 0.331 e. The molecule has 1 aromatic carbocycles. The Balaban J connectivity index is 1.94. The number of hydrogen-bond acceptors (Lipinski definition) is 6. The van der Waals surface area contributed by atoms with Crippen LogP contribution in [0.3, 0.4) is 0 Å². The number of pyridine rings is 1. The van der Waals surface area contributed by atoms with Crippen LogP contribution in [0.1, 0.15) is 75.1 Å². The predicted molar refractivity (Wildman–Crippen MR) is 126 cm³/mol. The summed E-state index contributed by atoms with van der Waals surface area (Å²) in [4.78, 5) is 41.5. The first-order valence-electron chi connectivity index (χ1n) is 11.7. The van der Waals surface area contributed by atoms with Crippen molar-refractivity contribution in [3.63, 3.8) is 0 Å². The Morgan fingerprint density at radius 3 is 2.45 bits per heavy atom. The SMILES string of the molecule is CCCCCOc1c(OC)ccc2cc(C(=O)NC3(C(=O)OC)CCCCCC3)c(=O)[nH]c12. The minimum absolute atomic E-state index is 0.0582. The summed E-state index contributed by atoms with van der Waals surface area (Å²) >= 11 is 0. The summed E-state index contributed by atoms with van der Waals surface area (Å²) < 4.78 is 16.4. The normalized spacial score (nSPS) is 15.5. The predicted octanol–water partition coefficient (Wildman–Crippen LogP) is 4.10. The highest BCUT2D eigenvalue weighted by molar-refractivity contribution is 6.01. The average molecular weight is 459 g/mol. The second-order valence-electron chi connectivity index (χ2n) is 8.57. The van der Waals surface area contributed by atoms with E-state index in [1.165, 1.54) is 13.2 Å². The van der Waals surface area contributed by atoms with Gasteiger partial charge in [0.15, 0.2) is 11.5 Å². The second-order valence-corrected chi connectivity index (χ2v) is 8.57. The van der Waals surface area contributed by atoms with Crippen molar-refractivity contribution in [2.45, 2.75) is 70.3 Å². The minimum Gasteiger partial charge on any atom is -0.493 e. The zero-order chi connectivity index (χ0) is 23.8. The minimum atomic E-state index is -1.11. The number of carbonyl (C=O) groups excluding carboxylic acids is 2. The molecule has 1 saturated carbocycles. The van der Waals surface area contributed by atoms with Crippen molar-refractivity contribution in [1.82, 2.24) is 10.3 Å². The molecule has 1 heterocycles. The number of aromatic amines is 1. The van der Waals surface area contributed by atoms with Crippen LogP contribution in [0.4, 0.5) is 0 Å². The molecular formula is C25H34N2O6. The fourth-order valence-electron chi connectivity index (χ4n) is 4.42. The third-order valence-corrected chi connectivity index (χ3v) is 6.28. The highest BCUT2D eigenvalue weighted by Gasteiger charge is 2.41. The number of ether oxygens (including phenoxy) is 3. The Morgan fingerprint density at radius 2 is 1.82 bits per heavy atom. The topological polar surface area (TPSA) is 107 Å². The quantitative estimate of drug-likeness (QED) is 0.333. The summed E-state index contributed by atoms with van der Waals surface area (Å²) in [6, 6.07) is 5.05. The molecule has 8 nitrogen and oxygen atoms in total. The first kappa shape index (κ1) is 24.6. The van der Waals surface area contributed by atoms with Crippen LogP contribution in [0.25, 0.3) is 10.9 Å². The van der Waals surface area contributed by atoms with E-state index in [2.05, 4.69) is 17.2 Å². The molecule has 8 heteroatoms. The number of rotatable bonds is 9. The number of benzene rings is 1. The zero-order valence-electron chi connectivity index (χ0n) is 19.8. The highest BCUT2D eigenvalue weighted by Crippen LogP contribution is 2.34. The number of esters is 1. The summed E-state index contributed by atoms with van der Waals surface area (Å²) in [5.74, 6) is -0.103. The molecular weight excluding hydrogens is 424 g/mol. The molecule has 0 spiro atoms. The van der Waals surface area contributed by atoms with Gasteiger partial charge in [-0.1, -0.05) is 45.4 Å². The van der Waals surface area contributed by atoms with Crippen molar-refractivity contribution in [1.29, 1.82) is 0 Å². The standard InChI is InChI=1S/C25H34N2O6/c1-4-5-10-15-33-21-19(31-2)12-11-17-16-18(22(28)26-20(17)21)23(29)27-25(24(30)32-3)13-8-6-7-9-14-25/h11-12,16H,4-10,13-15H2,1-3H3,(H,26,28)(H,27,29). The van der Waals surface area contributed by atoms with Gasteiger partial charge >= 0.3 is 5.97 Å². The summed E-state index contributed by atoms with van der Waals surface area (Å²) in [7, 11) is 2.86. The molecule has 3 rings (SSSR count). The zero-order valence-corrected chi connectivity index (χ0v) is 19.8. The van der Waals surface area contributed by atoms with Gasteiger partial charge in [-0.3, -0.25) is 9.59 Å². The van der Waals surface area contributed by atoms with E-state index >= 15 is 0 Å². The van der Waals surface area contributed by atoms with Gasteiger partial charge in [0.2, 0.25) is 0 Å². The van der Waals surface area contributed by atoms with E-state index in [4.69, 9.17) is 14.2 Å². The van der Waals surface area contributed by atoms with Gasteiger partial charge in [0, 0.05) is 5.39 Å². The molecule has 0 saturated heterocycles. The van der Waals surface area contributed by atoms with Crippen LogP contribution < -0.4 is 20.3 Å². The monoisotopic (exact) mass is 458 g/mol. The molecule has 180 valence electrons. The maximum atomic E-state index is 13.2. The maximum Gasteiger partial charge on any atom is 0.331 e. The van der Waals surface area contributed by atoms with Gasteiger partial charge in [0.1, 0.15) is 11.1 Å². The van der Waals surface area contributed by atoms with Gasteiger partial charge in [-0.25, -0.2) is 4.79 Å². The molecule has 1 aliphatic rings. The van der Waals surface area contributed by atoms with Crippen LogP contribution in [0, 0.1) is 0 Å². The molecule has 0 aliphatic heterocycles. The van der Waals surface area contributed by atoms with Crippen LogP contribution in [-0.4, -0.2) is 43.2 Å². The average Bonchev–Trinajstić information content (AvgIpc) is 3.07. The molecule has 0 bridgehead atoms. The van der Waals surface area contributed by atoms with E-state index < -0.39 is 23.0 Å². The van der Waals surface area contributed by atoms with Crippen molar-refractivity contribution in [2.24, 2.45) is 0 Å². The molecule has 2 aromatic rings. The van der Waals surface area contributed by atoms with Gasteiger partial charge in [-0.2, -0.15) is 0 Å². The molecule has 1 aliphatic carbocycles. The van der Waals surface area contributed by atoms with Crippen molar-refractivity contribution >= 4 is 22.8 Å². The summed E-state index contributed by atoms with van der Waals surface area (Å²) in [5, 5.41) is 3.48. The third kappa shape index (κ3) is 5.49. The van der Waals surface area contributed by atoms with Gasteiger partial charge in [0.25, 0.3) is 11.5 Å². The van der Waals surface area contributed by atoms with Crippen molar-refractivity contribution < 1.29 is 23.8 Å². The number of fused-ring (bicyclic) bond motifs is 1. The lowest BCUT2D eigenvalue weighted by Crippen LogP contribution is -2.55. The molecule has 1 fully saturated rings. The van der Waals surface area contributed by atoms with Gasteiger partial charge in [-0.15, -0.1) is 0 Å². The number of aromatic nitrogens is 1. The lowest BCUT2D eigenvalue weighted by molar-refractivity contribution is -0.148. The fourth-order valence-corrected chi connectivity index (χ4v) is 4.42. The first-order chi connectivity index (χ1) is 16.0. The van der Waals surface area contributed by atoms with Crippen molar-refractivity contribution in [3.05, 3.63) is 34.1 Å². The number of H-pyrrole nitrogens is 1. The Labute approximate surface area is 194 Å². The largest absolute Gasteiger partial charge is 0.493 e. The molecule has 0 radical (unpaired) electrons. The Hall–Kier alpha value is -3.03. The Morgan fingerprint density at radius 1 is 1.09 bits per heavy atom. The van der Waals surface area contributed by atoms with Crippen molar-refractivity contribution in [2.75, 3.05) is 20.8 Å². The van der Waals surface area contributed by atoms with Gasteiger partial charge < -0.3 is 24.5 Å². The Bertz CT molecular complexity index is 1040. The number of methoxy groups -OCH3 is 2. The highest BCUT2D eigenvalue weighted by atomic mass is 16.5. The number of amides is 1. The van der Waals surface area contributed by atoms with Gasteiger partial charge in [-0.05, 0) is 37.5 Å². The third-order valence-electron chi connectivity index (χ3n) is 6.28. The first-order valence-corrected chi connectivity index (χ1v) is 11.7. The molecule has 2 N–H and O–H groups in total. The van der Waals surface area contributed by atoms with Crippen LogP contribution >= 0.6 is 0 Å². The van der Waals surface area contributed by atoms with E-state index in [0.29, 0.717) is 41.9 Å². The molecule has 33 heavy (non-hydrogen) atoms. The van der Waals surface area contributed by atoms with Crippen LogP contribution in [0.15, 0.2) is 23.0 Å². The van der Waals surface area contributed by atoms with E-state index in [9.17, 15) is 14.4 Å². The van der Waals surface area contributed by atoms with E-state index in [-0.39, 0.29) is 5.56 Å². The summed E-state index contributed by atoms with van der Waals surface area (Å²) in [6.45, 7) is 2.61. The fraction of sp³-hybridized carbons (Fsp3) is 0.560. The number of nitrogens with one attached hydrogen (secondary N) is 2. The lowest BCUT2D eigenvalue weighted by atomic mass is 9.89. The Kier molecular flexibility index (Phi) is 8.36. The van der Waals surface area contributed by atoms with Crippen molar-refractivity contribution in [3.8, 4) is 11.5 Å². The number of hydrogen-bond donors (Lipinski definition) is 2. The molecule has 1 aromatic heterocycles. The van der Waals surface area contributed by atoms with E-state index in [0.717, 1.165) is 44.9 Å².